The van der Waals surface area contributed by atoms with Crippen molar-refractivity contribution in [3.63, 3.8) is 0 Å². The molecule has 0 amide bonds. The lowest BCUT2D eigenvalue weighted by Gasteiger charge is -2.29. The van der Waals surface area contributed by atoms with Crippen LogP contribution >= 0.6 is 0 Å². The van der Waals surface area contributed by atoms with Gasteiger partial charge in [-0.05, 0) is 25.7 Å². The molecule has 2 rings (SSSR count). The molecule has 0 aromatic carbocycles. The highest BCUT2D eigenvalue weighted by atomic mass is 16.7. The molecule has 0 N–H and O–H groups in total. The van der Waals surface area contributed by atoms with Crippen LogP contribution in [-0.2, 0) is 10.0 Å². The summed E-state index contributed by atoms with van der Waals surface area (Å²) in [5.41, 5.74) is 0. The molecule has 0 aliphatic carbocycles. The van der Waals surface area contributed by atoms with Gasteiger partial charge in [-0.15, -0.1) is 10.3 Å². The monoisotopic (exact) mass is 185 g/mol. The highest BCUT2D eigenvalue weighted by Gasteiger charge is 2.27. The molecule has 2 saturated heterocycles. The van der Waals surface area contributed by atoms with E-state index in [1.54, 1.807) is 0 Å². The van der Waals surface area contributed by atoms with Crippen LogP contribution in [0.15, 0.2) is 0 Å². The van der Waals surface area contributed by atoms with Gasteiger partial charge in [-0.25, -0.2) is 0 Å². The molecule has 1 unspecified atom stereocenters. The Morgan fingerprint density at radius 1 is 1.00 bits per heavy atom. The van der Waals surface area contributed by atoms with Crippen molar-refractivity contribution >= 4 is 0 Å². The van der Waals surface area contributed by atoms with Crippen molar-refractivity contribution < 1.29 is 10.0 Å². The second kappa shape index (κ2) is 4.37. The summed E-state index contributed by atoms with van der Waals surface area (Å²) in [5, 5.41) is 14.2. The standard InChI is InChI=1S/C9H17N2O2/c12-11-8-4-5-9(11)13-10-6-2-1-3-7-10/h9H,1-8H2. The quantitative estimate of drug-likeness (QED) is 0.648. The Morgan fingerprint density at radius 3 is 2.38 bits per heavy atom. The summed E-state index contributed by atoms with van der Waals surface area (Å²) < 4.78 is 0. The maximum atomic E-state index is 11.2. The van der Waals surface area contributed by atoms with Gasteiger partial charge in [0.15, 0.2) is 6.23 Å². The Balaban J connectivity index is 1.75. The normalized spacial score (nSPS) is 32.5. The zero-order valence-corrected chi connectivity index (χ0v) is 7.95. The number of rotatable bonds is 2. The molecule has 2 heterocycles. The third-order valence-corrected chi connectivity index (χ3v) is 2.74. The molecule has 0 aromatic rings. The average molecular weight is 185 g/mol. The zero-order chi connectivity index (χ0) is 9.10. The Bertz CT molecular complexity index is 160. The number of piperidine rings is 1. The van der Waals surface area contributed by atoms with Crippen LogP contribution in [-0.4, -0.2) is 36.0 Å². The van der Waals surface area contributed by atoms with E-state index in [2.05, 4.69) is 0 Å². The first-order chi connectivity index (χ1) is 6.36. The average Bonchev–Trinajstić information content (AvgIpc) is 2.54. The van der Waals surface area contributed by atoms with Crippen molar-refractivity contribution in [2.24, 2.45) is 0 Å². The molecule has 75 valence electrons. The van der Waals surface area contributed by atoms with Crippen molar-refractivity contribution in [2.75, 3.05) is 19.6 Å². The summed E-state index contributed by atoms with van der Waals surface area (Å²) >= 11 is 0. The van der Waals surface area contributed by atoms with Crippen molar-refractivity contribution in [3.8, 4) is 0 Å². The van der Waals surface area contributed by atoms with Gasteiger partial charge in [-0.1, -0.05) is 6.42 Å². The molecule has 0 aromatic heterocycles. The predicted molar refractivity (Wildman–Crippen MR) is 46.9 cm³/mol. The minimum atomic E-state index is -0.196. The highest BCUT2D eigenvalue weighted by molar-refractivity contribution is 4.65. The molecule has 4 nitrogen and oxygen atoms in total. The van der Waals surface area contributed by atoms with Gasteiger partial charge in [0.05, 0.1) is 0 Å². The fourth-order valence-corrected chi connectivity index (χ4v) is 1.96. The van der Waals surface area contributed by atoms with Gasteiger partial charge in [0.2, 0.25) is 0 Å². The molecule has 0 bridgehead atoms. The van der Waals surface area contributed by atoms with Gasteiger partial charge >= 0.3 is 0 Å². The van der Waals surface area contributed by atoms with Crippen LogP contribution in [0.5, 0.6) is 0 Å². The van der Waals surface area contributed by atoms with Crippen molar-refractivity contribution in [2.45, 2.75) is 38.3 Å². The molecule has 2 aliphatic heterocycles. The lowest BCUT2D eigenvalue weighted by atomic mass is 10.2. The van der Waals surface area contributed by atoms with E-state index in [0.29, 0.717) is 6.54 Å². The molecule has 0 spiro atoms. The van der Waals surface area contributed by atoms with Crippen molar-refractivity contribution in [1.82, 2.24) is 10.1 Å². The predicted octanol–water partition coefficient (Wildman–Crippen LogP) is 1.17. The Morgan fingerprint density at radius 2 is 1.77 bits per heavy atom. The molecule has 13 heavy (non-hydrogen) atoms. The molecule has 2 aliphatic rings. The van der Waals surface area contributed by atoms with Gasteiger partial charge in [-0.3, -0.25) is 4.84 Å². The molecule has 2 fully saturated rings. The first-order valence-electron chi connectivity index (χ1n) is 5.22. The lowest BCUT2D eigenvalue weighted by Crippen LogP contribution is -2.38. The summed E-state index contributed by atoms with van der Waals surface area (Å²) in [6.07, 6.45) is 5.36. The lowest BCUT2D eigenvalue weighted by molar-refractivity contribution is -0.313. The van der Waals surface area contributed by atoms with Gasteiger partial charge < -0.3 is 0 Å². The zero-order valence-electron chi connectivity index (χ0n) is 7.95. The number of hydroxylamine groups is 4. The SMILES string of the molecule is [O]N1CCCC1ON1CCCCC1. The van der Waals surface area contributed by atoms with E-state index in [-0.39, 0.29) is 6.23 Å². The summed E-state index contributed by atoms with van der Waals surface area (Å²) in [6, 6.07) is 0. The fraction of sp³-hybridized carbons (Fsp3) is 1.00. The van der Waals surface area contributed by atoms with Crippen molar-refractivity contribution in [1.29, 1.82) is 0 Å². The van der Waals surface area contributed by atoms with Gasteiger partial charge in [0.1, 0.15) is 0 Å². The third-order valence-electron chi connectivity index (χ3n) is 2.74. The topological polar surface area (TPSA) is 35.6 Å². The molecule has 0 saturated carbocycles. The maximum Gasteiger partial charge on any atom is 0.157 e. The van der Waals surface area contributed by atoms with Crippen LogP contribution in [0, 0.1) is 0 Å². The van der Waals surface area contributed by atoms with E-state index >= 15 is 0 Å². The van der Waals surface area contributed by atoms with Gasteiger partial charge in [-0.2, -0.15) is 5.06 Å². The Kier molecular flexibility index (Phi) is 3.16. The van der Waals surface area contributed by atoms with E-state index in [1.807, 2.05) is 5.06 Å². The summed E-state index contributed by atoms with van der Waals surface area (Å²) in [5.74, 6) is 0. The van der Waals surface area contributed by atoms with E-state index in [9.17, 15) is 5.21 Å². The molecule has 4 heteroatoms. The highest BCUT2D eigenvalue weighted by Crippen LogP contribution is 2.19. The fourth-order valence-electron chi connectivity index (χ4n) is 1.96. The first kappa shape index (κ1) is 9.40. The summed E-state index contributed by atoms with van der Waals surface area (Å²) in [7, 11) is 0. The van der Waals surface area contributed by atoms with Gasteiger partial charge in [0.25, 0.3) is 0 Å². The minimum absolute atomic E-state index is 0.196. The van der Waals surface area contributed by atoms with Crippen LogP contribution in [0.25, 0.3) is 0 Å². The third kappa shape index (κ3) is 2.40. The molecule has 1 radical (unpaired) electrons. The van der Waals surface area contributed by atoms with E-state index in [4.69, 9.17) is 4.84 Å². The largest absolute Gasteiger partial charge is 0.278 e. The second-order valence-electron chi connectivity index (χ2n) is 3.83. The number of hydrogen-bond acceptors (Lipinski definition) is 3. The van der Waals surface area contributed by atoms with E-state index in [0.717, 1.165) is 31.0 Å². The van der Waals surface area contributed by atoms with Crippen LogP contribution < -0.4 is 0 Å². The number of hydrogen-bond donors (Lipinski definition) is 0. The Labute approximate surface area is 79.0 Å². The molecular formula is C9H17N2O2. The molecule has 1 atom stereocenters. The minimum Gasteiger partial charge on any atom is -0.278 e. The smallest absolute Gasteiger partial charge is 0.157 e. The number of nitrogens with zero attached hydrogens (tertiary/aromatic N) is 2. The van der Waals surface area contributed by atoms with Crippen LogP contribution in [0.4, 0.5) is 0 Å². The Hall–Kier alpha value is -0.160. The van der Waals surface area contributed by atoms with Crippen molar-refractivity contribution in [3.05, 3.63) is 0 Å². The van der Waals surface area contributed by atoms with Crippen LogP contribution in [0.2, 0.25) is 0 Å². The van der Waals surface area contributed by atoms with Crippen LogP contribution in [0.1, 0.15) is 32.1 Å². The maximum absolute atomic E-state index is 11.2. The van der Waals surface area contributed by atoms with Crippen LogP contribution in [0.3, 0.4) is 0 Å². The second-order valence-corrected chi connectivity index (χ2v) is 3.83. The molecular weight excluding hydrogens is 168 g/mol. The summed E-state index contributed by atoms with van der Waals surface area (Å²) in [4.78, 5) is 5.61. The van der Waals surface area contributed by atoms with E-state index in [1.165, 1.54) is 19.3 Å². The summed E-state index contributed by atoms with van der Waals surface area (Å²) in [6.45, 7) is 2.62. The first-order valence-corrected chi connectivity index (χ1v) is 5.22. The van der Waals surface area contributed by atoms with E-state index < -0.39 is 0 Å². The van der Waals surface area contributed by atoms with Gasteiger partial charge in [0, 0.05) is 19.6 Å².